The van der Waals surface area contributed by atoms with Gasteiger partial charge in [0.05, 0.1) is 6.20 Å². The van der Waals surface area contributed by atoms with Gasteiger partial charge in [-0.15, -0.1) is 0 Å². The predicted octanol–water partition coefficient (Wildman–Crippen LogP) is 3.97. The number of ether oxygens (including phenoxy) is 1. The summed E-state index contributed by atoms with van der Waals surface area (Å²) in [5.74, 6) is 0.790. The number of hydrogen-bond donors (Lipinski definition) is 3. The average molecular weight is 563 g/mol. The van der Waals surface area contributed by atoms with Crippen LogP contribution in [-0.4, -0.2) is 68.6 Å². The van der Waals surface area contributed by atoms with E-state index < -0.39 is 0 Å². The van der Waals surface area contributed by atoms with Crippen LogP contribution in [0.3, 0.4) is 0 Å². The molecule has 2 aromatic heterocycles. The minimum absolute atomic E-state index is 0.0139. The molecular weight excluding hydrogens is 520 g/mol. The molecule has 1 saturated heterocycles. The lowest BCUT2D eigenvalue weighted by Gasteiger charge is -2.28. The Labute approximate surface area is 241 Å². The highest BCUT2D eigenvalue weighted by Crippen LogP contribution is 2.27. The van der Waals surface area contributed by atoms with Crippen molar-refractivity contribution in [2.75, 3.05) is 30.8 Å². The number of aromatic nitrogens is 4. The van der Waals surface area contributed by atoms with Crippen molar-refractivity contribution in [3.8, 4) is 6.01 Å². The lowest BCUT2D eigenvalue weighted by molar-refractivity contribution is -0.121. The molecule has 11 heteroatoms. The molecule has 41 heavy (non-hydrogen) atoms. The average Bonchev–Trinajstić information content (AvgIpc) is 3.38. The zero-order valence-corrected chi connectivity index (χ0v) is 24.5. The summed E-state index contributed by atoms with van der Waals surface area (Å²) in [6, 6.07) is 8.37. The fraction of sp³-hybridized carbons (Fsp3) is 0.567. The molecule has 3 N–H and O–H groups in total. The van der Waals surface area contributed by atoms with Crippen molar-refractivity contribution in [2.24, 2.45) is 5.92 Å². The standard InChI is InChI=1S/C30H42N8O3/c1-19(2)26-18-32-38-27(26)35-30(41-25-12-14-37(4)15-13-25)36-29(38)31-17-21-6-5-7-24(16-21)34-28(40)22-8-10-23(11-9-22)33-20(3)39/h5-7,16,18-19,22-23,25H,8-15,17H2,1-4H3,(H,33,39)(H,34,40)(H,31,35,36)/t22-,23+. The largest absolute Gasteiger partial charge is 0.460 e. The van der Waals surface area contributed by atoms with E-state index in [9.17, 15) is 9.59 Å². The Bertz CT molecular complexity index is 1360. The second kappa shape index (κ2) is 12.8. The molecule has 0 bridgehead atoms. The van der Waals surface area contributed by atoms with Crippen LogP contribution in [0.4, 0.5) is 11.6 Å². The van der Waals surface area contributed by atoms with E-state index in [0.717, 1.165) is 74.1 Å². The van der Waals surface area contributed by atoms with Gasteiger partial charge in [-0.1, -0.05) is 26.0 Å². The molecule has 1 aliphatic carbocycles. The van der Waals surface area contributed by atoms with Crippen LogP contribution < -0.4 is 20.7 Å². The normalized spacial score (nSPS) is 20.2. The van der Waals surface area contributed by atoms with Crippen molar-refractivity contribution in [2.45, 2.75) is 83.9 Å². The molecule has 3 heterocycles. The maximum absolute atomic E-state index is 13.0. The fourth-order valence-electron chi connectivity index (χ4n) is 5.67. The molecule has 3 aromatic rings. The number of likely N-dealkylation sites (tertiary alicyclic amines) is 1. The van der Waals surface area contributed by atoms with Gasteiger partial charge in [-0.2, -0.15) is 19.6 Å². The van der Waals surface area contributed by atoms with Crippen molar-refractivity contribution in [3.63, 3.8) is 0 Å². The Kier molecular flexibility index (Phi) is 9.02. The van der Waals surface area contributed by atoms with Crippen LogP contribution in [0.5, 0.6) is 6.01 Å². The number of carbonyl (C=O) groups is 2. The number of nitrogens with one attached hydrogen (secondary N) is 3. The van der Waals surface area contributed by atoms with E-state index >= 15 is 0 Å². The van der Waals surface area contributed by atoms with E-state index in [0.29, 0.717) is 18.5 Å². The number of piperidine rings is 1. The third-order valence-corrected chi connectivity index (χ3v) is 8.09. The summed E-state index contributed by atoms with van der Waals surface area (Å²) >= 11 is 0. The van der Waals surface area contributed by atoms with Gasteiger partial charge in [-0.05, 0) is 69.2 Å². The number of benzene rings is 1. The van der Waals surface area contributed by atoms with E-state index in [1.54, 1.807) is 4.52 Å². The number of fused-ring (bicyclic) bond motifs is 1. The highest BCUT2D eigenvalue weighted by Gasteiger charge is 2.27. The fourth-order valence-corrected chi connectivity index (χ4v) is 5.67. The third kappa shape index (κ3) is 7.32. The summed E-state index contributed by atoms with van der Waals surface area (Å²) in [7, 11) is 2.13. The first-order valence-corrected chi connectivity index (χ1v) is 14.8. The van der Waals surface area contributed by atoms with Crippen LogP contribution in [0.25, 0.3) is 5.65 Å². The second-order valence-electron chi connectivity index (χ2n) is 11.7. The summed E-state index contributed by atoms with van der Waals surface area (Å²) < 4.78 is 7.99. The predicted molar refractivity (Wildman–Crippen MR) is 158 cm³/mol. The molecule has 11 nitrogen and oxygen atoms in total. The van der Waals surface area contributed by atoms with E-state index in [2.05, 4.69) is 46.8 Å². The Balaban J connectivity index is 1.25. The van der Waals surface area contributed by atoms with Crippen LogP contribution in [-0.2, 0) is 16.1 Å². The molecule has 2 amide bonds. The Morgan fingerprint density at radius 2 is 1.83 bits per heavy atom. The van der Waals surface area contributed by atoms with Gasteiger partial charge in [0.1, 0.15) is 6.10 Å². The van der Waals surface area contributed by atoms with Gasteiger partial charge in [-0.3, -0.25) is 9.59 Å². The molecular formula is C30H42N8O3. The van der Waals surface area contributed by atoms with Gasteiger partial charge in [0.15, 0.2) is 5.65 Å². The maximum atomic E-state index is 13.0. The van der Waals surface area contributed by atoms with Crippen molar-refractivity contribution >= 4 is 29.1 Å². The molecule has 0 unspecified atom stereocenters. The zero-order valence-electron chi connectivity index (χ0n) is 24.5. The van der Waals surface area contributed by atoms with Gasteiger partial charge < -0.3 is 25.6 Å². The molecule has 220 valence electrons. The van der Waals surface area contributed by atoms with Gasteiger partial charge in [0, 0.05) is 49.8 Å². The number of amides is 2. The van der Waals surface area contributed by atoms with Gasteiger partial charge in [0.25, 0.3) is 0 Å². The van der Waals surface area contributed by atoms with E-state index in [4.69, 9.17) is 14.7 Å². The van der Waals surface area contributed by atoms with Gasteiger partial charge >= 0.3 is 6.01 Å². The Morgan fingerprint density at radius 1 is 1.07 bits per heavy atom. The zero-order chi connectivity index (χ0) is 28.9. The Hall–Kier alpha value is -3.73. The lowest BCUT2D eigenvalue weighted by atomic mass is 9.85. The first-order chi connectivity index (χ1) is 19.7. The summed E-state index contributed by atoms with van der Waals surface area (Å²) in [5.41, 5.74) is 3.55. The molecule has 1 aliphatic heterocycles. The van der Waals surface area contributed by atoms with Crippen molar-refractivity contribution in [3.05, 3.63) is 41.6 Å². The van der Waals surface area contributed by atoms with Crippen molar-refractivity contribution in [1.82, 2.24) is 29.8 Å². The smallest absolute Gasteiger partial charge is 0.322 e. The third-order valence-electron chi connectivity index (χ3n) is 8.09. The van der Waals surface area contributed by atoms with E-state index in [1.165, 1.54) is 6.92 Å². The Morgan fingerprint density at radius 3 is 2.54 bits per heavy atom. The molecule has 1 saturated carbocycles. The topological polar surface area (TPSA) is 126 Å². The molecule has 2 fully saturated rings. The molecule has 2 aliphatic rings. The second-order valence-corrected chi connectivity index (χ2v) is 11.7. The molecule has 5 rings (SSSR count). The van der Waals surface area contributed by atoms with E-state index in [1.807, 2.05) is 30.5 Å². The highest BCUT2D eigenvalue weighted by molar-refractivity contribution is 5.92. The van der Waals surface area contributed by atoms with Crippen LogP contribution in [0, 0.1) is 5.92 Å². The molecule has 1 aromatic carbocycles. The van der Waals surface area contributed by atoms with Crippen molar-refractivity contribution in [1.29, 1.82) is 0 Å². The summed E-state index contributed by atoms with van der Waals surface area (Å²) in [6.07, 6.45) is 7.01. The number of anilines is 2. The highest BCUT2D eigenvalue weighted by atomic mass is 16.5. The SMILES string of the molecule is CC(=O)N[C@H]1CC[C@@H](C(=O)Nc2cccc(CNc3nc(OC4CCN(C)CC4)nc4c(C(C)C)cnn34)c2)CC1. The van der Waals surface area contributed by atoms with Crippen molar-refractivity contribution < 1.29 is 14.3 Å². The lowest BCUT2D eigenvalue weighted by Crippen LogP contribution is -2.38. The minimum atomic E-state index is -0.0472. The van der Waals surface area contributed by atoms with Crippen LogP contribution in [0.2, 0.25) is 0 Å². The minimum Gasteiger partial charge on any atom is -0.460 e. The number of hydrogen-bond acceptors (Lipinski definition) is 8. The van der Waals surface area contributed by atoms with Crippen LogP contribution in [0.1, 0.15) is 76.3 Å². The first kappa shape index (κ1) is 28.8. The van der Waals surface area contributed by atoms with Crippen LogP contribution in [0.15, 0.2) is 30.5 Å². The first-order valence-electron chi connectivity index (χ1n) is 14.8. The number of rotatable bonds is 9. The molecule has 0 atom stereocenters. The van der Waals surface area contributed by atoms with E-state index in [-0.39, 0.29) is 35.8 Å². The summed E-state index contributed by atoms with van der Waals surface area (Å²) in [6.45, 7) is 8.26. The van der Waals surface area contributed by atoms with Crippen LogP contribution >= 0.6 is 0 Å². The maximum Gasteiger partial charge on any atom is 0.322 e. The summed E-state index contributed by atoms with van der Waals surface area (Å²) in [4.78, 5) is 36.0. The van der Waals surface area contributed by atoms with Gasteiger partial charge in [-0.25, -0.2) is 0 Å². The number of carbonyl (C=O) groups excluding carboxylic acids is 2. The number of nitrogens with zero attached hydrogens (tertiary/aromatic N) is 5. The monoisotopic (exact) mass is 562 g/mol. The van der Waals surface area contributed by atoms with Gasteiger partial charge in [0.2, 0.25) is 17.8 Å². The quantitative estimate of drug-likeness (QED) is 0.358. The molecule has 0 spiro atoms. The summed E-state index contributed by atoms with van der Waals surface area (Å²) in [5, 5.41) is 14.0. The molecule has 0 radical (unpaired) electrons.